The zero-order chi connectivity index (χ0) is 13.3. The quantitative estimate of drug-likeness (QED) is 0.800. The van der Waals surface area contributed by atoms with E-state index < -0.39 is 0 Å². The molecule has 2 rings (SSSR count). The Balaban J connectivity index is 2.57. The minimum atomic E-state index is -0.142. The monoisotopic (exact) mass is 267 g/mol. The van der Waals surface area contributed by atoms with Crippen molar-refractivity contribution in [2.24, 2.45) is 0 Å². The second-order valence-electron chi connectivity index (χ2n) is 4.21. The minimum absolute atomic E-state index is 0.142. The lowest BCUT2D eigenvalue weighted by Gasteiger charge is -2.15. The molecular formula is C12H17N3O2S. The first-order valence-corrected chi connectivity index (χ1v) is 6.68. The Morgan fingerprint density at radius 3 is 3.00 bits per heavy atom. The minimum Gasteiger partial charge on any atom is -0.285 e. The number of rotatable bonds is 4. The Morgan fingerprint density at radius 1 is 1.67 bits per heavy atom. The van der Waals surface area contributed by atoms with E-state index in [0.29, 0.717) is 11.6 Å². The summed E-state index contributed by atoms with van der Waals surface area (Å²) in [4.78, 5) is 23.5. The van der Waals surface area contributed by atoms with Crippen molar-refractivity contribution < 1.29 is 9.63 Å². The third-order valence-corrected chi connectivity index (χ3v) is 4.44. The molecule has 5 nitrogen and oxygen atoms in total. The van der Waals surface area contributed by atoms with E-state index in [1.165, 1.54) is 12.2 Å². The van der Waals surface area contributed by atoms with Crippen LogP contribution < -0.4 is 0 Å². The van der Waals surface area contributed by atoms with E-state index in [9.17, 15) is 4.79 Å². The molecule has 2 aromatic heterocycles. The molecule has 6 heteroatoms. The molecule has 2 aromatic rings. The summed E-state index contributed by atoms with van der Waals surface area (Å²) in [6.07, 6.45) is 4.45. The van der Waals surface area contributed by atoms with E-state index in [1.54, 1.807) is 30.9 Å². The topological polar surface area (TPSA) is 46.8 Å². The fourth-order valence-corrected chi connectivity index (χ4v) is 2.99. The van der Waals surface area contributed by atoms with Gasteiger partial charge in [0.05, 0.1) is 13.3 Å². The third kappa shape index (κ3) is 2.02. The summed E-state index contributed by atoms with van der Waals surface area (Å²) in [5, 5.41) is 1.24. The smallest absolute Gasteiger partial charge is 0.285 e. The molecule has 0 aliphatic heterocycles. The highest BCUT2D eigenvalue weighted by atomic mass is 32.1. The van der Waals surface area contributed by atoms with Gasteiger partial charge in [-0.2, -0.15) is 0 Å². The maximum Gasteiger partial charge on any atom is 0.295 e. The largest absolute Gasteiger partial charge is 0.295 e. The summed E-state index contributed by atoms with van der Waals surface area (Å²) >= 11 is 1.62. The average Bonchev–Trinajstić information content (AvgIpc) is 2.95. The molecule has 0 aromatic carbocycles. The molecule has 0 spiro atoms. The molecule has 0 aliphatic rings. The van der Waals surface area contributed by atoms with Crippen LogP contribution in [0, 0.1) is 0 Å². The average molecular weight is 267 g/mol. The highest BCUT2D eigenvalue weighted by Gasteiger charge is 2.24. The number of nitrogens with zero attached hydrogens (tertiary/aromatic N) is 3. The first-order valence-electron chi connectivity index (χ1n) is 5.87. The summed E-state index contributed by atoms with van der Waals surface area (Å²) < 4.78 is 1.84. The van der Waals surface area contributed by atoms with Crippen LogP contribution in [0.15, 0.2) is 12.5 Å². The van der Waals surface area contributed by atoms with Crippen LogP contribution in [-0.2, 0) is 4.84 Å². The van der Waals surface area contributed by atoms with Crippen LogP contribution in [0.2, 0.25) is 0 Å². The lowest BCUT2D eigenvalue weighted by atomic mass is 10.1. The van der Waals surface area contributed by atoms with E-state index >= 15 is 0 Å². The number of hydrogen-bond donors (Lipinski definition) is 0. The van der Waals surface area contributed by atoms with E-state index in [4.69, 9.17) is 4.84 Å². The van der Waals surface area contributed by atoms with Crippen molar-refractivity contribution in [3.63, 3.8) is 0 Å². The number of imidazole rings is 1. The number of aromatic nitrogens is 2. The Bertz CT molecular complexity index is 561. The Kier molecular flexibility index (Phi) is 3.68. The number of hydroxylamine groups is 2. The molecule has 0 radical (unpaired) electrons. The fourth-order valence-electron chi connectivity index (χ4n) is 1.77. The molecule has 2 heterocycles. The number of carbonyl (C=O) groups excluding carboxylic acids is 1. The van der Waals surface area contributed by atoms with Crippen molar-refractivity contribution in [2.75, 3.05) is 14.2 Å². The SMILES string of the molecule is CCC(C)c1sc2cncn2c1C(=O)N(C)OC. The van der Waals surface area contributed by atoms with E-state index in [1.807, 2.05) is 4.40 Å². The molecule has 0 aliphatic carbocycles. The van der Waals surface area contributed by atoms with Gasteiger partial charge in [0, 0.05) is 11.9 Å². The Hall–Kier alpha value is -1.40. The molecule has 1 unspecified atom stereocenters. The molecule has 1 amide bonds. The van der Waals surface area contributed by atoms with Crippen molar-refractivity contribution in [1.29, 1.82) is 0 Å². The van der Waals surface area contributed by atoms with Gasteiger partial charge in [-0.3, -0.25) is 14.0 Å². The van der Waals surface area contributed by atoms with Gasteiger partial charge in [0.1, 0.15) is 16.9 Å². The number of amides is 1. The molecule has 0 bridgehead atoms. The molecule has 1 atom stereocenters. The fraction of sp³-hybridized carbons (Fsp3) is 0.500. The lowest BCUT2D eigenvalue weighted by molar-refractivity contribution is -0.0761. The van der Waals surface area contributed by atoms with E-state index in [-0.39, 0.29) is 5.91 Å². The van der Waals surface area contributed by atoms with Gasteiger partial charge in [-0.05, 0) is 12.3 Å². The van der Waals surface area contributed by atoms with Crippen LogP contribution in [0.3, 0.4) is 0 Å². The predicted molar refractivity (Wildman–Crippen MR) is 70.9 cm³/mol. The molecule has 98 valence electrons. The van der Waals surface area contributed by atoms with Crippen molar-refractivity contribution in [3.8, 4) is 0 Å². The molecule has 0 N–H and O–H groups in total. The van der Waals surface area contributed by atoms with Crippen LogP contribution in [0.25, 0.3) is 4.83 Å². The maximum absolute atomic E-state index is 12.3. The summed E-state index contributed by atoms with van der Waals surface area (Å²) in [5.74, 6) is 0.205. The predicted octanol–water partition coefficient (Wildman–Crippen LogP) is 2.54. The summed E-state index contributed by atoms with van der Waals surface area (Å²) in [6, 6.07) is 0. The van der Waals surface area contributed by atoms with Gasteiger partial charge in [0.25, 0.3) is 5.91 Å². The Labute approximate surface area is 110 Å². The highest BCUT2D eigenvalue weighted by Crippen LogP contribution is 2.32. The highest BCUT2D eigenvalue weighted by molar-refractivity contribution is 7.17. The second-order valence-corrected chi connectivity index (χ2v) is 5.27. The lowest BCUT2D eigenvalue weighted by Crippen LogP contribution is -2.27. The van der Waals surface area contributed by atoms with Crippen molar-refractivity contribution >= 4 is 22.1 Å². The second kappa shape index (κ2) is 5.07. The molecular weight excluding hydrogens is 250 g/mol. The van der Waals surface area contributed by atoms with Gasteiger partial charge in [0.2, 0.25) is 0 Å². The molecule has 0 fully saturated rings. The van der Waals surface area contributed by atoms with Crippen molar-refractivity contribution in [2.45, 2.75) is 26.2 Å². The summed E-state index contributed by atoms with van der Waals surface area (Å²) in [5.41, 5.74) is 0.659. The van der Waals surface area contributed by atoms with Crippen LogP contribution in [0.5, 0.6) is 0 Å². The van der Waals surface area contributed by atoms with Gasteiger partial charge in [-0.15, -0.1) is 11.3 Å². The molecule has 0 saturated carbocycles. The number of fused-ring (bicyclic) bond motifs is 1. The number of hydrogen-bond acceptors (Lipinski definition) is 4. The Morgan fingerprint density at radius 2 is 2.39 bits per heavy atom. The van der Waals surface area contributed by atoms with Crippen LogP contribution in [-0.4, -0.2) is 34.5 Å². The van der Waals surface area contributed by atoms with Crippen LogP contribution in [0.1, 0.15) is 41.6 Å². The van der Waals surface area contributed by atoms with Gasteiger partial charge >= 0.3 is 0 Å². The van der Waals surface area contributed by atoms with Crippen molar-refractivity contribution in [1.82, 2.24) is 14.4 Å². The van der Waals surface area contributed by atoms with Crippen molar-refractivity contribution in [3.05, 3.63) is 23.1 Å². The first-order chi connectivity index (χ1) is 8.60. The first kappa shape index (κ1) is 13.0. The summed E-state index contributed by atoms with van der Waals surface area (Å²) in [6.45, 7) is 4.24. The zero-order valence-corrected chi connectivity index (χ0v) is 11.8. The van der Waals surface area contributed by atoms with Gasteiger partial charge in [-0.1, -0.05) is 13.8 Å². The van der Waals surface area contributed by atoms with E-state index in [0.717, 1.165) is 16.1 Å². The molecule has 0 saturated heterocycles. The van der Waals surface area contributed by atoms with Crippen LogP contribution >= 0.6 is 11.3 Å². The van der Waals surface area contributed by atoms with Gasteiger partial charge in [0.15, 0.2) is 0 Å². The molecule has 18 heavy (non-hydrogen) atoms. The van der Waals surface area contributed by atoms with Gasteiger partial charge < -0.3 is 0 Å². The van der Waals surface area contributed by atoms with E-state index in [2.05, 4.69) is 18.8 Å². The van der Waals surface area contributed by atoms with Crippen LogP contribution in [0.4, 0.5) is 0 Å². The normalized spacial score (nSPS) is 12.9. The third-order valence-electron chi connectivity index (χ3n) is 3.12. The maximum atomic E-state index is 12.3. The zero-order valence-electron chi connectivity index (χ0n) is 11.0. The standard InChI is InChI=1S/C12H17N3O2S/c1-5-8(2)11-10(12(16)14(3)17-4)15-7-13-6-9(15)18-11/h6-8H,5H2,1-4H3. The number of thiazole rings is 1. The number of carbonyl (C=O) groups is 1. The van der Waals surface area contributed by atoms with Gasteiger partial charge in [-0.25, -0.2) is 10.0 Å². The summed E-state index contributed by atoms with van der Waals surface area (Å²) in [7, 11) is 3.10.